The van der Waals surface area contributed by atoms with E-state index in [9.17, 15) is 9.59 Å². The van der Waals surface area contributed by atoms with Gasteiger partial charge in [-0.3, -0.25) is 9.59 Å². The van der Waals surface area contributed by atoms with Crippen LogP contribution in [-0.2, 0) is 9.59 Å². The molecule has 0 aromatic heterocycles. The number of amides is 2. The maximum Gasteiger partial charge on any atom is 0.279 e. The van der Waals surface area contributed by atoms with Crippen molar-refractivity contribution in [1.29, 1.82) is 0 Å². The Kier molecular flexibility index (Phi) is 4.66. The lowest BCUT2D eigenvalue weighted by Crippen LogP contribution is -3.03. The molecule has 2 fully saturated rings. The fraction of sp³-hybridized carbons (Fsp3) is 0.556. The van der Waals surface area contributed by atoms with E-state index in [2.05, 4.69) is 16.0 Å². The molecule has 4 N–H and O–H groups in total. The van der Waals surface area contributed by atoms with Gasteiger partial charge in [0.1, 0.15) is 6.04 Å². The number of hydrogen-bond acceptors (Lipinski definition) is 2. The first-order valence-electron chi connectivity index (χ1n) is 8.55. The lowest BCUT2D eigenvalue weighted by molar-refractivity contribution is -0.718. The summed E-state index contributed by atoms with van der Waals surface area (Å²) in [5.74, 6) is -0.0951. The molecule has 1 aliphatic carbocycles. The van der Waals surface area contributed by atoms with Crippen LogP contribution in [0.5, 0.6) is 0 Å². The monoisotopic (exact) mass is 316 g/mol. The van der Waals surface area contributed by atoms with Crippen molar-refractivity contribution in [2.45, 2.75) is 64.1 Å². The summed E-state index contributed by atoms with van der Waals surface area (Å²) >= 11 is 0. The highest BCUT2D eigenvalue weighted by molar-refractivity contribution is 5.95. The van der Waals surface area contributed by atoms with Crippen molar-refractivity contribution in [2.75, 3.05) is 5.32 Å². The fourth-order valence-electron chi connectivity index (χ4n) is 3.64. The van der Waals surface area contributed by atoms with Crippen molar-refractivity contribution >= 4 is 17.5 Å². The molecule has 3 rings (SSSR count). The molecule has 5 heteroatoms. The number of aryl methyl sites for hydroxylation is 2. The maximum absolute atomic E-state index is 12.3. The van der Waals surface area contributed by atoms with Crippen molar-refractivity contribution < 1.29 is 14.9 Å². The van der Waals surface area contributed by atoms with Crippen LogP contribution in [0.1, 0.15) is 43.2 Å². The highest BCUT2D eigenvalue weighted by Gasteiger charge is 2.40. The van der Waals surface area contributed by atoms with Crippen LogP contribution in [0, 0.1) is 13.8 Å². The molecule has 5 nitrogen and oxygen atoms in total. The molecule has 0 spiro atoms. The predicted octanol–water partition coefficient (Wildman–Crippen LogP) is 1.01. The predicted molar refractivity (Wildman–Crippen MR) is 89.1 cm³/mol. The standard InChI is InChI=1S/C18H25N3O2/c1-11-7-8-13(9-12(11)2)19-17(22)10-16-18(23)21-15-6-4-3-5-14(15)20-16/h7-9,14-16,20H,3-6,10H2,1-2H3,(H,19,22)(H,21,23)/p+1/t14-,15+,16+/m0/s1. The summed E-state index contributed by atoms with van der Waals surface area (Å²) in [5.41, 5.74) is 3.14. The third-order valence-electron chi connectivity index (χ3n) is 5.16. The quantitative estimate of drug-likeness (QED) is 0.778. The summed E-state index contributed by atoms with van der Waals surface area (Å²) in [5, 5.41) is 8.13. The average molecular weight is 316 g/mol. The van der Waals surface area contributed by atoms with Crippen molar-refractivity contribution in [3.63, 3.8) is 0 Å². The zero-order valence-electron chi connectivity index (χ0n) is 13.9. The third-order valence-corrected chi connectivity index (χ3v) is 5.16. The fourth-order valence-corrected chi connectivity index (χ4v) is 3.64. The zero-order chi connectivity index (χ0) is 16.4. The van der Waals surface area contributed by atoms with E-state index in [1.807, 2.05) is 32.0 Å². The molecule has 23 heavy (non-hydrogen) atoms. The van der Waals surface area contributed by atoms with E-state index < -0.39 is 0 Å². The van der Waals surface area contributed by atoms with E-state index in [4.69, 9.17) is 0 Å². The number of hydrogen-bond donors (Lipinski definition) is 3. The lowest BCUT2D eigenvalue weighted by atomic mass is 9.87. The molecule has 0 unspecified atom stereocenters. The van der Waals surface area contributed by atoms with Gasteiger partial charge in [-0.25, -0.2) is 0 Å². The average Bonchev–Trinajstić information content (AvgIpc) is 2.51. The van der Waals surface area contributed by atoms with Crippen LogP contribution in [0.2, 0.25) is 0 Å². The minimum Gasteiger partial charge on any atom is -0.342 e. The molecule has 1 aromatic carbocycles. The molecule has 1 heterocycles. The second-order valence-electron chi connectivity index (χ2n) is 6.91. The number of quaternary nitrogens is 1. The third kappa shape index (κ3) is 3.72. The van der Waals surface area contributed by atoms with E-state index in [1.54, 1.807) is 0 Å². The van der Waals surface area contributed by atoms with Crippen LogP contribution in [0.4, 0.5) is 5.69 Å². The molecule has 1 saturated heterocycles. The smallest absolute Gasteiger partial charge is 0.279 e. The van der Waals surface area contributed by atoms with Crippen LogP contribution < -0.4 is 16.0 Å². The van der Waals surface area contributed by atoms with Crippen molar-refractivity contribution in [2.24, 2.45) is 0 Å². The van der Waals surface area contributed by atoms with Crippen molar-refractivity contribution in [3.05, 3.63) is 29.3 Å². The summed E-state index contributed by atoms with van der Waals surface area (Å²) in [4.78, 5) is 24.5. The molecule has 0 radical (unpaired) electrons. The number of nitrogens with two attached hydrogens (primary N) is 1. The number of carbonyl (C=O) groups excluding carboxylic acids is 2. The van der Waals surface area contributed by atoms with E-state index >= 15 is 0 Å². The Bertz CT molecular complexity index is 614. The molecular formula is C18H26N3O2+. The second-order valence-corrected chi connectivity index (χ2v) is 6.91. The number of rotatable bonds is 3. The summed E-state index contributed by atoms with van der Waals surface area (Å²) in [6.07, 6.45) is 4.82. The summed E-state index contributed by atoms with van der Waals surface area (Å²) in [6.45, 7) is 4.07. The number of benzene rings is 1. The van der Waals surface area contributed by atoms with Gasteiger partial charge in [0.05, 0.1) is 12.5 Å². The number of piperazine rings is 1. The van der Waals surface area contributed by atoms with Gasteiger partial charge in [0.2, 0.25) is 5.91 Å². The minimum atomic E-state index is -0.305. The Morgan fingerprint density at radius 3 is 2.83 bits per heavy atom. The highest BCUT2D eigenvalue weighted by atomic mass is 16.2. The van der Waals surface area contributed by atoms with Gasteiger partial charge in [0.25, 0.3) is 5.91 Å². The number of nitrogens with one attached hydrogen (secondary N) is 2. The Labute approximate surface area is 137 Å². The zero-order valence-corrected chi connectivity index (χ0v) is 13.9. The van der Waals surface area contributed by atoms with Crippen LogP contribution in [-0.4, -0.2) is 29.9 Å². The topological polar surface area (TPSA) is 74.8 Å². The number of fused-ring (bicyclic) bond motifs is 1. The second kappa shape index (κ2) is 6.71. The number of anilines is 1. The Morgan fingerprint density at radius 1 is 1.26 bits per heavy atom. The van der Waals surface area contributed by atoms with Crippen LogP contribution in [0.15, 0.2) is 18.2 Å². The van der Waals surface area contributed by atoms with E-state index in [1.165, 1.54) is 18.4 Å². The molecule has 3 atom stereocenters. The van der Waals surface area contributed by atoms with Gasteiger partial charge in [-0.1, -0.05) is 12.5 Å². The Morgan fingerprint density at radius 2 is 2.04 bits per heavy atom. The SMILES string of the molecule is Cc1ccc(NC(=O)C[C@H]2[NH2+][C@H]3CCCC[C@H]3NC2=O)cc1C. The normalized spacial score (nSPS) is 27.0. The first-order valence-corrected chi connectivity index (χ1v) is 8.55. The molecule has 1 aliphatic heterocycles. The molecule has 2 aliphatic rings. The molecule has 0 bridgehead atoms. The molecular weight excluding hydrogens is 290 g/mol. The van der Waals surface area contributed by atoms with Gasteiger partial charge in [-0.05, 0) is 49.9 Å². The largest absolute Gasteiger partial charge is 0.342 e. The molecule has 1 saturated carbocycles. The van der Waals surface area contributed by atoms with Gasteiger partial charge in [-0.2, -0.15) is 0 Å². The number of carbonyl (C=O) groups is 2. The van der Waals surface area contributed by atoms with Gasteiger partial charge in [0, 0.05) is 12.1 Å². The van der Waals surface area contributed by atoms with Gasteiger partial charge in [-0.15, -0.1) is 0 Å². The van der Waals surface area contributed by atoms with Crippen LogP contribution >= 0.6 is 0 Å². The first-order chi connectivity index (χ1) is 11.0. The Balaban J connectivity index is 1.58. The van der Waals surface area contributed by atoms with Crippen molar-refractivity contribution in [1.82, 2.24) is 5.32 Å². The summed E-state index contributed by atoms with van der Waals surface area (Å²) in [7, 11) is 0. The first kappa shape index (κ1) is 16.0. The van der Waals surface area contributed by atoms with E-state index in [0.717, 1.165) is 24.1 Å². The molecule has 2 amide bonds. The van der Waals surface area contributed by atoms with Crippen molar-refractivity contribution in [3.8, 4) is 0 Å². The van der Waals surface area contributed by atoms with Crippen LogP contribution in [0.3, 0.4) is 0 Å². The van der Waals surface area contributed by atoms with Gasteiger partial charge in [0.15, 0.2) is 6.04 Å². The van der Waals surface area contributed by atoms with Crippen LogP contribution in [0.25, 0.3) is 0 Å². The van der Waals surface area contributed by atoms with E-state index in [0.29, 0.717) is 6.04 Å². The lowest BCUT2D eigenvalue weighted by Gasteiger charge is -2.37. The highest BCUT2D eigenvalue weighted by Crippen LogP contribution is 2.19. The maximum atomic E-state index is 12.3. The summed E-state index contributed by atoms with van der Waals surface area (Å²) < 4.78 is 0. The summed E-state index contributed by atoms with van der Waals surface area (Å²) in [6, 6.07) is 6.28. The van der Waals surface area contributed by atoms with Gasteiger partial charge >= 0.3 is 0 Å². The molecule has 124 valence electrons. The van der Waals surface area contributed by atoms with E-state index in [-0.39, 0.29) is 30.3 Å². The molecule has 1 aromatic rings. The minimum absolute atomic E-state index is 0.00314. The van der Waals surface area contributed by atoms with Gasteiger partial charge < -0.3 is 16.0 Å². The Hall–Kier alpha value is -1.88.